The molecule has 3 atom stereocenters. The lowest BCUT2D eigenvalue weighted by molar-refractivity contribution is -0.137. The van der Waals surface area contributed by atoms with Gasteiger partial charge in [0.2, 0.25) is 0 Å². The Morgan fingerprint density at radius 1 is 1.21 bits per heavy atom. The van der Waals surface area contributed by atoms with Crippen molar-refractivity contribution in [1.82, 2.24) is 9.88 Å². The first kappa shape index (κ1) is 18.6. The molecule has 1 aromatic carbocycles. The van der Waals surface area contributed by atoms with Crippen molar-refractivity contribution in [2.24, 2.45) is 5.73 Å². The molecule has 4 nitrogen and oxygen atoms in total. The molecule has 2 amide bonds. The minimum Gasteiger partial charge on any atom is -0.351 e. The Morgan fingerprint density at radius 2 is 1.96 bits per heavy atom. The molecule has 0 spiro atoms. The largest absolute Gasteiger partial charge is 0.417 e. The van der Waals surface area contributed by atoms with Crippen molar-refractivity contribution in [1.29, 1.82) is 0 Å². The summed E-state index contributed by atoms with van der Waals surface area (Å²) in [5.74, 6) is -0.690. The molecule has 28 heavy (non-hydrogen) atoms. The van der Waals surface area contributed by atoms with Crippen LogP contribution in [0.4, 0.5) is 26.7 Å². The van der Waals surface area contributed by atoms with Crippen molar-refractivity contribution < 1.29 is 26.7 Å². The predicted molar refractivity (Wildman–Crippen MR) is 90.3 cm³/mol. The van der Waals surface area contributed by atoms with Crippen molar-refractivity contribution >= 4 is 6.03 Å². The van der Waals surface area contributed by atoms with Crippen molar-refractivity contribution in [3.63, 3.8) is 0 Å². The summed E-state index contributed by atoms with van der Waals surface area (Å²) in [5, 5.41) is 0. The summed E-state index contributed by atoms with van der Waals surface area (Å²) < 4.78 is 68.7. The number of aromatic nitrogens is 1. The Morgan fingerprint density at radius 3 is 2.54 bits per heavy atom. The van der Waals surface area contributed by atoms with Gasteiger partial charge in [-0.2, -0.15) is 13.2 Å². The third-order valence-corrected chi connectivity index (χ3v) is 5.68. The molecule has 3 fully saturated rings. The number of amides is 2. The quantitative estimate of drug-likeness (QED) is 0.765. The summed E-state index contributed by atoms with van der Waals surface area (Å²) in [6.45, 7) is 0. The molecule has 2 aliphatic heterocycles. The third-order valence-electron chi connectivity index (χ3n) is 5.68. The Balaban J connectivity index is 1.89. The van der Waals surface area contributed by atoms with Gasteiger partial charge >= 0.3 is 12.2 Å². The van der Waals surface area contributed by atoms with Crippen molar-refractivity contribution in [3.05, 3.63) is 53.5 Å². The number of nitrogens with two attached hydrogens (primary N) is 1. The molecule has 1 aromatic heterocycles. The fourth-order valence-electron chi connectivity index (χ4n) is 4.47. The van der Waals surface area contributed by atoms with Crippen molar-refractivity contribution in [2.45, 2.75) is 43.2 Å². The minimum absolute atomic E-state index is 0.0975. The molecule has 2 bridgehead atoms. The van der Waals surface area contributed by atoms with Crippen LogP contribution in [0.1, 0.15) is 30.4 Å². The lowest BCUT2D eigenvalue weighted by atomic mass is 9.63. The number of piperidine rings is 1. The lowest BCUT2D eigenvalue weighted by Crippen LogP contribution is -2.73. The van der Waals surface area contributed by atoms with Gasteiger partial charge < -0.3 is 10.6 Å². The molecule has 0 radical (unpaired) electrons. The number of benzene rings is 1. The van der Waals surface area contributed by atoms with Gasteiger partial charge in [-0.05, 0) is 49.1 Å². The number of carbonyl (C=O) groups excluding carboxylic acids is 1. The normalized spacial score (nSPS) is 26.7. The number of fused-ring (bicyclic) bond motifs is 2. The number of hydrogen-bond acceptors (Lipinski definition) is 2. The van der Waals surface area contributed by atoms with E-state index >= 15 is 0 Å². The number of carbonyl (C=O) groups is 1. The van der Waals surface area contributed by atoms with E-state index < -0.39 is 35.3 Å². The van der Waals surface area contributed by atoms with Crippen LogP contribution in [0, 0.1) is 5.82 Å². The average Bonchev–Trinajstić information content (AvgIpc) is 2.60. The standard InChI is InChI=1S/C19H16F5N3O/c20-11-2-5-15(26-9-11)13-7-10(1-4-14(13)19(22,23)24)18-8-12(3-6-16(18)21)27(18)17(25)28/h1-2,4-5,7,9,12,16H,3,6,8H2,(H2,25,28). The average molecular weight is 397 g/mol. The van der Waals surface area contributed by atoms with Crippen LogP contribution in [0.5, 0.6) is 0 Å². The molecule has 148 valence electrons. The van der Waals surface area contributed by atoms with Crippen LogP contribution in [0.2, 0.25) is 0 Å². The van der Waals surface area contributed by atoms with E-state index in [9.17, 15) is 26.7 Å². The Kier molecular flexibility index (Phi) is 4.09. The van der Waals surface area contributed by atoms with Crippen LogP contribution >= 0.6 is 0 Å². The van der Waals surface area contributed by atoms with Crippen LogP contribution in [0.3, 0.4) is 0 Å². The van der Waals surface area contributed by atoms with Crippen LogP contribution in [-0.2, 0) is 11.7 Å². The minimum atomic E-state index is -4.69. The maximum atomic E-state index is 15.0. The fraction of sp³-hybridized carbons (Fsp3) is 0.368. The van der Waals surface area contributed by atoms with Crippen LogP contribution < -0.4 is 5.73 Å². The Hall–Kier alpha value is -2.71. The van der Waals surface area contributed by atoms with Crippen molar-refractivity contribution in [2.75, 3.05) is 0 Å². The Bertz CT molecular complexity index is 930. The monoisotopic (exact) mass is 397 g/mol. The second-order valence-corrected chi connectivity index (χ2v) is 7.16. The van der Waals surface area contributed by atoms with E-state index in [0.717, 1.165) is 24.4 Å². The highest BCUT2D eigenvalue weighted by molar-refractivity contribution is 5.76. The summed E-state index contributed by atoms with van der Waals surface area (Å²) in [6.07, 6.45) is -4.38. The lowest BCUT2D eigenvalue weighted by Gasteiger charge is -2.62. The van der Waals surface area contributed by atoms with Gasteiger partial charge in [-0.25, -0.2) is 13.6 Å². The van der Waals surface area contributed by atoms with Gasteiger partial charge in [-0.3, -0.25) is 4.98 Å². The summed E-state index contributed by atoms with van der Waals surface area (Å²) in [4.78, 5) is 16.9. The SMILES string of the molecule is NC(=O)N1C2CCC(F)C1(c1ccc(C(F)(F)F)c(-c3ccc(F)cn3)c1)C2. The topological polar surface area (TPSA) is 59.2 Å². The molecule has 5 rings (SSSR count). The third kappa shape index (κ3) is 2.63. The highest BCUT2D eigenvalue weighted by Crippen LogP contribution is 2.56. The van der Waals surface area contributed by atoms with Gasteiger partial charge in [-0.15, -0.1) is 0 Å². The van der Waals surface area contributed by atoms with Gasteiger partial charge in [0.05, 0.1) is 17.5 Å². The number of primary amides is 1. The van der Waals surface area contributed by atoms with E-state index in [2.05, 4.69) is 4.98 Å². The number of rotatable bonds is 2. The smallest absolute Gasteiger partial charge is 0.351 e. The Labute approximate surface area is 157 Å². The summed E-state index contributed by atoms with van der Waals surface area (Å²) in [5.41, 5.74) is 2.90. The van der Waals surface area contributed by atoms with Gasteiger partial charge in [0.1, 0.15) is 17.5 Å². The first-order valence-electron chi connectivity index (χ1n) is 8.71. The second-order valence-electron chi connectivity index (χ2n) is 7.16. The highest BCUT2D eigenvalue weighted by atomic mass is 19.4. The van der Waals surface area contributed by atoms with E-state index in [1.807, 2.05) is 0 Å². The number of pyridine rings is 1. The first-order chi connectivity index (χ1) is 13.1. The number of alkyl halides is 4. The fourth-order valence-corrected chi connectivity index (χ4v) is 4.47. The molecular formula is C19H16F5N3O. The molecule has 2 N–H and O–H groups in total. The van der Waals surface area contributed by atoms with E-state index in [-0.39, 0.29) is 29.3 Å². The van der Waals surface area contributed by atoms with Gasteiger partial charge in [-0.1, -0.05) is 6.07 Å². The maximum Gasteiger partial charge on any atom is 0.417 e. The first-order valence-corrected chi connectivity index (χ1v) is 8.71. The molecule has 3 aliphatic rings. The van der Waals surface area contributed by atoms with Gasteiger partial charge in [0.15, 0.2) is 0 Å². The number of urea groups is 1. The zero-order valence-electron chi connectivity index (χ0n) is 14.5. The van der Waals surface area contributed by atoms with Gasteiger partial charge in [0, 0.05) is 11.6 Å². The molecule has 1 saturated carbocycles. The molecular weight excluding hydrogens is 381 g/mol. The van der Waals surface area contributed by atoms with E-state index in [1.165, 1.54) is 17.0 Å². The summed E-state index contributed by atoms with van der Waals surface area (Å²) in [6, 6.07) is 4.32. The zero-order valence-corrected chi connectivity index (χ0v) is 14.5. The molecule has 2 saturated heterocycles. The molecule has 1 aliphatic carbocycles. The summed E-state index contributed by atoms with van der Waals surface area (Å²) >= 11 is 0. The van der Waals surface area contributed by atoms with E-state index in [0.29, 0.717) is 12.8 Å². The van der Waals surface area contributed by atoms with Crippen LogP contribution in [-0.4, -0.2) is 28.1 Å². The summed E-state index contributed by atoms with van der Waals surface area (Å²) in [7, 11) is 0. The highest BCUT2D eigenvalue weighted by Gasteiger charge is 2.62. The number of halogens is 5. The van der Waals surface area contributed by atoms with Crippen LogP contribution in [0.15, 0.2) is 36.5 Å². The number of nitrogens with zero attached hydrogens (tertiary/aromatic N) is 2. The number of hydrogen-bond donors (Lipinski definition) is 1. The molecule has 3 heterocycles. The molecule has 2 aromatic rings. The van der Waals surface area contributed by atoms with Crippen LogP contribution in [0.25, 0.3) is 11.3 Å². The van der Waals surface area contributed by atoms with E-state index in [4.69, 9.17) is 5.73 Å². The van der Waals surface area contributed by atoms with Gasteiger partial charge in [0.25, 0.3) is 0 Å². The second kappa shape index (κ2) is 6.15. The maximum absolute atomic E-state index is 15.0. The molecule has 9 heteroatoms. The predicted octanol–water partition coefficient (Wildman–Crippen LogP) is 4.39. The van der Waals surface area contributed by atoms with E-state index in [1.54, 1.807) is 0 Å². The molecule has 3 unspecified atom stereocenters. The zero-order chi connectivity index (χ0) is 20.3. The van der Waals surface area contributed by atoms with Crippen molar-refractivity contribution in [3.8, 4) is 11.3 Å².